The van der Waals surface area contributed by atoms with Gasteiger partial charge in [-0.15, -0.1) is 0 Å². The zero-order valence-electron chi connectivity index (χ0n) is 56.2. The molecule has 0 aromatic heterocycles. The molecular weight excluding hydrogens is 1020 g/mol. The van der Waals surface area contributed by atoms with Gasteiger partial charge in [0.1, 0.15) is 0 Å². The lowest BCUT2D eigenvalue weighted by Gasteiger charge is -2.22. The second-order valence-electron chi connectivity index (χ2n) is 26.0. The summed E-state index contributed by atoms with van der Waals surface area (Å²) >= 11 is 0. The van der Waals surface area contributed by atoms with Crippen LogP contribution in [0.5, 0.6) is 0 Å². The second-order valence-corrected chi connectivity index (χ2v) is 26.0. The third-order valence-electron chi connectivity index (χ3n) is 17.7. The van der Waals surface area contributed by atoms with Gasteiger partial charge in [-0.3, -0.25) is 9.59 Å². The predicted octanol–water partition coefficient (Wildman–Crippen LogP) is 24.7. The number of unbranched alkanes of at least 4 members (excludes halogenated alkanes) is 54. The number of amides is 1. The van der Waals surface area contributed by atoms with Gasteiger partial charge in [-0.25, -0.2) is 0 Å². The molecule has 0 saturated carbocycles. The number of ether oxygens (including phenoxy) is 1. The number of esters is 1. The van der Waals surface area contributed by atoms with Gasteiger partial charge in [0.25, 0.3) is 0 Å². The van der Waals surface area contributed by atoms with E-state index in [1.54, 1.807) is 0 Å². The minimum atomic E-state index is -0.662. The molecule has 0 spiro atoms. The van der Waals surface area contributed by atoms with Crippen LogP contribution in [0.4, 0.5) is 0 Å². The van der Waals surface area contributed by atoms with Gasteiger partial charge in [-0.05, 0) is 83.5 Å². The fourth-order valence-corrected chi connectivity index (χ4v) is 11.9. The first-order valence-corrected chi connectivity index (χ1v) is 37.7. The number of rotatable bonds is 71. The molecule has 6 heteroatoms. The van der Waals surface area contributed by atoms with Crippen LogP contribution in [0.25, 0.3) is 0 Å². The van der Waals surface area contributed by atoms with Crippen molar-refractivity contribution in [3.05, 3.63) is 36.5 Å². The molecule has 3 N–H and O–H groups in total. The molecule has 0 fully saturated rings. The molecule has 0 rings (SSSR count). The molecule has 0 aliphatic carbocycles. The summed E-state index contributed by atoms with van der Waals surface area (Å²) in [6.07, 6.45) is 93.7. The molecule has 2 atom stereocenters. The molecule has 0 aromatic carbocycles. The average molecular weight is 1170 g/mol. The molecule has 0 aliphatic heterocycles. The summed E-state index contributed by atoms with van der Waals surface area (Å²) in [5.41, 5.74) is 0. The summed E-state index contributed by atoms with van der Waals surface area (Å²) in [5.74, 6) is -0.0187. The number of hydrogen-bond acceptors (Lipinski definition) is 5. The zero-order chi connectivity index (χ0) is 59.9. The van der Waals surface area contributed by atoms with Crippen molar-refractivity contribution >= 4 is 11.9 Å². The Morgan fingerprint density at radius 3 is 0.928 bits per heavy atom. The van der Waals surface area contributed by atoms with Gasteiger partial charge < -0.3 is 20.3 Å². The summed E-state index contributed by atoms with van der Waals surface area (Å²) in [6.45, 7) is 4.97. The van der Waals surface area contributed by atoms with Gasteiger partial charge in [0.05, 0.1) is 25.4 Å². The minimum absolute atomic E-state index is 0.0106. The van der Waals surface area contributed by atoms with Gasteiger partial charge in [-0.2, -0.15) is 0 Å². The van der Waals surface area contributed by atoms with Crippen LogP contribution >= 0.6 is 0 Å². The van der Waals surface area contributed by atoms with E-state index in [1.165, 1.54) is 334 Å². The lowest BCUT2D eigenvalue weighted by Crippen LogP contribution is -2.45. The highest BCUT2D eigenvalue weighted by Crippen LogP contribution is 2.19. The van der Waals surface area contributed by atoms with Crippen molar-refractivity contribution in [2.24, 2.45) is 0 Å². The first-order chi connectivity index (χ1) is 41.0. The van der Waals surface area contributed by atoms with Crippen LogP contribution in [0.2, 0.25) is 0 Å². The van der Waals surface area contributed by atoms with E-state index < -0.39 is 12.1 Å². The van der Waals surface area contributed by atoms with Gasteiger partial charge in [-0.1, -0.05) is 359 Å². The Morgan fingerprint density at radius 2 is 0.602 bits per heavy atom. The molecule has 1 amide bonds. The van der Waals surface area contributed by atoms with Crippen molar-refractivity contribution in [2.75, 3.05) is 13.2 Å². The Hall–Kier alpha value is -1.92. The largest absolute Gasteiger partial charge is 0.466 e. The Morgan fingerprint density at radius 1 is 0.337 bits per heavy atom. The summed E-state index contributed by atoms with van der Waals surface area (Å²) in [6, 6.07) is -0.539. The SMILES string of the molecule is CCCCCCC/C=C\CCCCCCCC(=O)OCCCCCCCCCCCCCCC/C=C\C/C=C\CCCCCCCCCCCCCCCCCCCC(=O)NC(CO)C(O)CCCCCCCCCCCCCCCCC. The van der Waals surface area contributed by atoms with E-state index >= 15 is 0 Å². The fourth-order valence-electron chi connectivity index (χ4n) is 11.9. The lowest BCUT2D eigenvalue weighted by atomic mass is 10.0. The lowest BCUT2D eigenvalue weighted by molar-refractivity contribution is -0.143. The van der Waals surface area contributed by atoms with Crippen LogP contribution in [0.3, 0.4) is 0 Å². The number of nitrogens with one attached hydrogen (secondary N) is 1. The molecule has 0 saturated heterocycles. The Balaban J connectivity index is 3.35. The van der Waals surface area contributed by atoms with Crippen LogP contribution in [0, 0.1) is 0 Å². The smallest absolute Gasteiger partial charge is 0.305 e. The van der Waals surface area contributed by atoms with Crippen molar-refractivity contribution < 1.29 is 24.5 Å². The first kappa shape index (κ1) is 81.1. The molecule has 0 radical (unpaired) electrons. The van der Waals surface area contributed by atoms with Crippen LogP contribution in [-0.4, -0.2) is 47.4 Å². The van der Waals surface area contributed by atoms with Gasteiger partial charge in [0.15, 0.2) is 0 Å². The Bertz CT molecular complexity index is 1340. The quantitative estimate of drug-likeness (QED) is 0.0320. The zero-order valence-corrected chi connectivity index (χ0v) is 56.2. The van der Waals surface area contributed by atoms with Crippen LogP contribution < -0.4 is 5.32 Å². The van der Waals surface area contributed by atoms with E-state index in [4.69, 9.17) is 4.74 Å². The van der Waals surface area contributed by atoms with Crippen molar-refractivity contribution in [3.63, 3.8) is 0 Å². The summed E-state index contributed by atoms with van der Waals surface area (Å²) < 4.78 is 5.49. The Labute approximate surface area is 519 Å². The molecule has 6 nitrogen and oxygen atoms in total. The highest BCUT2D eigenvalue weighted by atomic mass is 16.5. The number of hydrogen-bond donors (Lipinski definition) is 3. The van der Waals surface area contributed by atoms with E-state index in [-0.39, 0.29) is 18.5 Å². The predicted molar refractivity (Wildman–Crippen MR) is 366 cm³/mol. The van der Waals surface area contributed by atoms with E-state index in [0.717, 1.165) is 51.4 Å². The number of aliphatic hydroxyl groups excluding tert-OH is 2. The summed E-state index contributed by atoms with van der Waals surface area (Å²) in [5, 5.41) is 23.3. The molecule has 0 bridgehead atoms. The van der Waals surface area contributed by atoms with E-state index in [9.17, 15) is 19.8 Å². The minimum Gasteiger partial charge on any atom is -0.466 e. The highest BCUT2D eigenvalue weighted by Gasteiger charge is 2.20. The first-order valence-electron chi connectivity index (χ1n) is 37.7. The maximum atomic E-state index is 12.5. The second kappa shape index (κ2) is 72.6. The van der Waals surface area contributed by atoms with E-state index in [0.29, 0.717) is 25.9 Å². The average Bonchev–Trinajstić information content (AvgIpc) is 3.49. The van der Waals surface area contributed by atoms with Crippen molar-refractivity contribution in [2.45, 2.75) is 431 Å². The summed E-state index contributed by atoms with van der Waals surface area (Å²) in [4.78, 5) is 24.6. The van der Waals surface area contributed by atoms with Crippen LogP contribution in [-0.2, 0) is 14.3 Å². The van der Waals surface area contributed by atoms with Crippen LogP contribution in [0.15, 0.2) is 36.5 Å². The molecule has 83 heavy (non-hydrogen) atoms. The molecule has 2 unspecified atom stereocenters. The van der Waals surface area contributed by atoms with Gasteiger partial charge >= 0.3 is 5.97 Å². The molecule has 0 heterocycles. The number of carbonyl (C=O) groups is 2. The molecule has 0 aliphatic rings. The van der Waals surface area contributed by atoms with Gasteiger partial charge in [0.2, 0.25) is 5.91 Å². The van der Waals surface area contributed by atoms with Crippen molar-refractivity contribution in [3.8, 4) is 0 Å². The highest BCUT2D eigenvalue weighted by molar-refractivity contribution is 5.76. The normalized spacial score (nSPS) is 12.7. The Kier molecular flexibility index (Phi) is 70.9. The molecular formula is C77H147NO5. The van der Waals surface area contributed by atoms with E-state index in [2.05, 4.69) is 55.6 Å². The number of carbonyl (C=O) groups excluding carboxylic acids is 2. The maximum Gasteiger partial charge on any atom is 0.305 e. The standard InChI is InChI=1S/C77H147NO5/c1-3-5-7-9-11-13-15-17-42-45-49-53-57-61-65-69-75(80)74(73-79)78-76(81)70-66-62-58-54-50-46-43-40-38-36-34-32-30-28-26-24-22-20-19-21-23-25-27-29-31-33-35-37-39-41-44-48-52-56-60-64-68-72-83-77(82)71-67-63-59-55-51-47-18-16-14-12-10-8-6-4-2/h16,18-19,21,25,27,74-75,79-80H,3-15,17,20,22-24,26,28-73H2,1-2H3,(H,78,81)/b18-16-,21-19-,27-25-. The van der Waals surface area contributed by atoms with E-state index in [1.807, 2.05) is 0 Å². The van der Waals surface area contributed by atoms with Gasteiger partial charge in [0, 0.05) is 12.8 Å². The maximum absolute atomic E-state index is 12.5. The van der Waals surface area contributed by atoms with Crippen LogP contribution in [0.1, 0.15) is 418 Å². The van der Waals surface area contributed by atoms with Crippen molar-refractivity contribution in [1.29, 1.82) is 0 Å². The third kappa shape index (κ3) is 69.1. The topological polar surface area (TPSA) is 95.9 Å². The fraction of sp³-hybridized carbons (Fsp3) is 0.896. The summed E-state index contributed by atoms with van der Waals surface area (Å²) in [7, 11) is 0. The molecule has 490 valence electrons. The van der Waals surface area contributed by atoms with Crippen molar-refractivity contribution in [1.82, 2.24) is 5.32 Å². The monoisotopic (exact) mass is 1170 g/mol. The third-order valence-corrected chi connectivity index (χ3v) is 17.7. The molecule has 0 aromatic rings. The number of allylic oxidation sites excluding steroid dienone is 6. The number of aliphatic hydroxyl groups is 2.